The summed E-state index contributed by atoms with van der Waals surface area (Å²) in [5.74, 6) is -0.122. The fourth-order valence-electron chi connectivity index (χ4n) is 1.64. The number of rotatable bonds is 8. The number of aliphatic hydroxyl groups excluding tert-OH is 1. The van der Waals surface area contributed by atoms with Crippen LogP contribution >= 0.6 is 0 Å². The monoisotopic (exact) mass is 315 g/mol. The van der Waals surface area contributed by atoms with Crippen molar-refractivity contribution in [2.75, 3.05) is 25.4 Å². The summed E-state index contributed by atoms with van der Waals surface area (Å²) < 4.78 is 24.4. The van der Waals surface area contributed by atoms with Crippen LogP contribution in [0, 0.1) is 5.92 Å². The van der Waals surface area contributed by atoms with Crippen molar-refractivity contribution in [2.45, 2.75) is 11.8 Å². The first-order chi connectivity index (χ1) is 9.90. The third-order valence-electron chi connectivity index (χ3n) is 2.95. The Morgan fingerprint density at radius 3 is 2.81 bits per heavy atom. The van der Waals surface area contributed by atoms with E-state index in [1.54, 1.807) is 12.1 Å². The normalized spacial score (nSPS) is 14.1. The molecule has 1 unspecified atom stereocenters. The lowest BCUT2D eigenvalue weighted by molar-refractivity contribution is 0.234. The molecule has 0 bridgehead atoms. The molecule has 0 amide bonds. The molecule has 21 heavy (non-hydrogen) atoms. The van der Waals surface area contributed by atoms with Gasteiger partial charge < -0.3 is 21.4 Å². The lowest BCUT2D eigenvalue weighted by atomic mass is 10.2. The van der Waals surface area contributed by atoms with E-state index in [1.807, 2.05) is 6.92 Å². The van der Waals surface area contributed by atoms with E-state index in [-0.39, 0.29) is 29.0 Å². The molecule has 7 nitrogen and oxygen atoms in total. The number of nitrogens with two attached hydrogens (primary N) is 1. The van der Waals surface area contributed by atoms with Crippen molar-refractivity contribution in [3.05, 3.63) is 29.8 Å². The molecular formula is C13H21N3O4S. The highest BCUT2D eigenvalue weighted by atomic mass is 32.2. The molecule has 0 aliphatic heterocycles. The fraction of sp³-hybridized carbons (Fsp3) is 0.462. The van der Waals surface area contributed by atoms with E-state index in [0.717, 1.165) is 0 Å². The number of oxime groups is 1. The molecule has 1 atom stereocenters. The Hall–Kier alpha value is -1.64. The zero-order valence-corrected chi connectivity index (χ0v) is 12.7. The first-order valence-corrected chi connectivity index (χ1v) is 8.18. The van der Waals surface area contributed by atoms with Gasteiger partial charge in [-0.2, -0.15) is 0 Å². The maximum Gasteiger partial charge on any atom is 0.179 e. The van der Waals surface area contributed by atoms with Crippen LogP contribution in [0.15, 0.2) is 34.3 Å². The second-order valence-corrected chi connectivity index (χ2v) is 6.93. The molecule has 118 valence electrons. The van der Waals surface area contributed by atoms with E-state index in [2.05, 4.69) is 10.5 Å². The summed E-state index contributed by atoms with van der Waals surface area (Å²) >= 11 is 0. The zero-order valence-electron chi connectivity index (χ0n) is 11.9. The topological polar surface area (TPSA) is 125 Å². The largest absolute Gasteiger partial charge is 0.409 e. The number of benzene rings is 1. The van der Waals surface area contributed by atoms with E-state index in [0.29, 0.717) is 18.7 Å². The summed E-state index contributed by atoms with van der Waals surface area (Å²) in [6.07, 6.45) is 0. The summed E-state index contributed by atoms with van der Waals surface area (Å²) in [5.41, 5.74) is 5.79. The lowest BCUT2D eigenvalue weighted by Gasteiger charge is -2.10. The van der Waals surface area contributed by atoms with Gasteiger partial charge in [0.1, 0.15) is 0 Å². The van der Waals surface area contributed by atoms with Crippen LogP contribution in [0.5, 0.6) is 0 Å². The lowest BCUT2D eigenvalue weighted by Crippen LogP contribution is -2.28. The number of hydrogen-bond donors (Lipinski definition) is 4. The zero-order chi connectivity index (χ0) is 15.9. The number of nitrogens with one attached hydrogen (secondary N) is 1. The van der Waals surface area contributed by atoms with Gasteiger partial charge >= 0.3 is 0 Å². The molecule has 0 fully saturated rings. The fourth-order valence-corrected chi connectivity index (χ4v) is 2.89. The summed E-state index contributed by atoms with van der Waals surface area (Å²) in [4.78, 5) is 0.128. The van der Waals surface area contributed by atoms with Crippen molar-refractivity contribution in [3.63, 3.8) is 0 Å². The van der Waals surface area contributed by atoms with Crippen molar-refractivity contribution in [1.29, 1.82) is 0 Å². The van der Waals surface area contributed by atoms with Crippen LogP contribution in [0.1, 0.15) is 12.5 Å². The van der Waals surface area contributed by atoms with Crippen LogP contribution in [0.3, 0.4) is 0 Å². The van der Waals surface area contributed by atoms with Crippen molar-refractivity contribution in [2.24, 2.45) is 16.8 Å². The van der Waals surface area contributed by atoms with E-state index in [4.69, 9.17) is 16.0 Å². The Labute approximate surface area is 124 Å². The van der Waals surface area contributed by atoms with E-state index >= 15 is 0 Å². The molecule has 1 aromatic carbocycles. The summed E-state index contributed by atoms with van der Waals surface area (Å²) in [6.45, 7) is 2.76. The number of nitrogens with zero attached hydrogens (tertiary/aromatic N) is 1. The van der Waals surface area contributed by atoms with Crippen molar-refractivity contribution >= 4 is 15.7 Å². The van der Waals surface area contributed by atoms with Crippen LogP contribution < -0.4 is 11.1 Å². The average molecular weight is 315 g/mol. The Morgan fingerprint density at radius 1 is 1.48 bits per heavy atom. The van der Waals surface area contributed by atoms with Gasteiger partial charge in [-0.1, -0.05) is 24.2 Å². The highest BCUT2D eigenvalue weighted by Crippen LogP contribution is 2.13. The molecule has 0 saturated heterocycles. The average Bonchev–Trinajstić information content (AvgIpc) is 2.50. The SMILES string of the molecule is CC(CO)CNCCS(=O)(=O)c1cccc(/C(N)=N/O)c1. The van der Waals surface area contributed by atoms with Crippen LogP contribution in [0.4, 0.5) is 0 Å². The number of hydrogen-bond acceptors (Lipinski definition) is 6. The van der Waals surface area contributed by atoms with Crippen molar-refractivity contribution < 1.29 is 18.7 Å². The highest BCUT2D eigenvalue weighted by Gasteiger charge is 2.15. The molecule has 0 spiro atoms. The number of amidine groups is 1. The number of sulfone groups is 1. The molecular weight excluding hydrogens is 294 g/mol. The van der Waals surface area contributed by atoms with Gasteiger partial charge in [0.15, 0.2) is 15.7 Å². The first-order valence-electron chi connectivity index (χ1n) is 6.53. The minimum atomic E-state index is -3.45. The number of aliphatic hydroxyl groups is 1. The maximum atomic E-state index is 12.2. The molecule has 8 heteroatoms. The Kier molecular flexibility index (Phi) is 6.60. The van der Waals surface area contributed by atoms with E-state index in [1.165, 1.54) is 12.1 Å². The summed E-state index contributed by atoms with van der Waals surface area (Å²) in [5, 5.41) is 23.3. The smallest absolute Gasteiger partial charge is 0.179 e. The first kappa shape index (κ1) is 17.4. The molecule has 1 rings (SSSR count). The van der Waals surface area contributed by atoms with Gasteiger partial charge in [0, 0.05) is 18.7 Å². The molecule has 0 heterocycles. The van der Waals surface area contributed by atoms with Crippen LogP contribution in [-0.2, 0) is 9.84 Å². The van der Waals surface area contributed by atoms with Gasteiger partial charge in [-0.3, -0.25) is 0 Å². The van der Waals surface area contributed by atoms with Crippen LogP contribution in [0.2, 0.25) is 0 Å². The van der Waals surface area contributed by atoms with Crippen LogP contribution in [-0.4, -0.2) is 50.0 Å². The minimum absolute atomic E-state index is 0.0571. The van der Waals surface area contributed by atoms with Crippen molar-refractivity contribution in [3.8, 4) is 0 Å². The Bertz CT molecular complexity index is 587. The van der Waals surface area contributed by atoms with Gasteiger partial charge in [0.2, 0.25) is 0 Å². The maximum absolute atomic E-state index is 12.2. The molecule has 5 N–H and O–H groups in total. The molecule has 0 radical (unpaired) electrons. The van der Waals surface area contributed by atoms with E-state index < -0.39 is 9.84 Å². The predicted molar refractivity (Wildman–Crippen MR) is 80.1 cm³/mol. The Balaban J connectivity index is 2.70. The molecule has 0 aliphatic carbocycles. The molecule has 1 aromatic rings. The van der Waals surface area contributed by atoms with E-state index in [9.17, 15) is 8.42 Å². The standard InChI is InChI=1S/C13H21N3O4S/c1-10(9-17)8-15-5-6-21(19,20)12-4-2-3-11(7-12)13(14)16-18/h2-4,7,10,15,17-18H,5-6,8-9H2,1H3,(H2,14,16). The molecule has 0 aliphatic rings. The third kappa shape index (κ3) is 5.33. The van der Waals surface area contributed by atoms with Gasteiger partial charge in [-0.15, -0.1) is 0 Å². The quantitative estimate of drug-likeness (QED) is 0.173. The molecule has 0 saturated carbocycles. The second-order valence-electron chi connectivity index (χ2n) is 4.82. The van der Waals surface area contributed by atoms with Crippen molar-refractivity contribution in [1.82, 2.24) is 5.32 Å². The summed E-state index contributed by atoms with van der Waals surface area (Å²) in [6, 6.07) is 5.96. The Morgan fingerprint density at radius 2 is 2.19 bits per heavy atom. The predicted octanol–water partition coefficient (Wildman–Crippen LogP) is -0.227. The van der Waals surface area contributed by atoms with Gasteiger partial charge in [-0.05, 0) is 24.6 Å². The second kappa shape index (κ2) is 7.96. The summed E-state index contributed by atoms with van der Waals surface area (Å²) in [7, 11) is -3.45. The van der Waals surface area contributed by atoms with Gasteiger partial charge in [0.25, 0.3) is 0 Å². The van der Waals surface area contributed by atoms with Gasteiger partial charge in [-0.25, -0.2) is 8.42 Å². The highest BCUT2D eigenvalue weighted by molar-refractivity contribution is 7.91. The molecule has 0 aromatic heterocycles. The van der Waals surface area contributed by atoms with Crippen LogP contribution in [0.25, 0.3) is 0 Å². The minimum Gasteiger partial charge on any atom is -0.409 e. The third-order valence-corrected chi connectivity index (χ3v) is 4.66. The van der Waals surface area contributed by atoms with Gasteiger partial charge in [0.05, 0.1) is 10.6 Å².